The van der Waals surface area contributed by atoms with Crippen molar-refractivity contribution in [2.24, 2.45) is 5.92 Å². The molecule has 0 radical (unpaired) electrons. The molecule has 0 spiro atoms. The van der Waals surface area contributed by atoms with Gasteiger partial charge < -0.3 is 45.4 Å². The second kappa shape index (κ2) is 15.6. The topological polar surface area (TPSA) is 208 Å². The number of carboxylic acid groups (broad SMARTS) is 2. The molecule has 6 rings (SSSR count). The van der Waals surface area contributed by atoms with E-state index in [0.717, 1.165) is 11.3 Å². The smallest absolute Gasteiger partial charge is 0.412 e. The number of ether oxygens (including phenoxy) is 2. The highest BCUT2D eigenvalue weighted by Crippen LogP contribution is 2.32. The minimum Gasteiger partial charge on any atom is -0.465 e. The van der Waals surface area contributed by atoms with Gasteiger partial charge in [-0.15, -0.1) is 0 Å². The molecular formula is C35H38N8O8. The Bertz CT molecular complexity index is 1910. The second-order valence-electron chi connectivity index (χ2n) is 12.3. The molecule has 266 valence electrons. The van der Waals surface area contributed by atoms with Crippen LogP contribution in [0.25, 0.3) is 10.9 Å². The van der Waals surface area contributed by atoms with Crippen LogP contribution in [0.1, 0.15) is 23.0 Å². The van der Waals surface area contributed by atoms with Gasteiger partial charge >= 0.3 is 18.3 Å². The molecule has 2 aliphatic heterocycles. The van der Waals surface area contributed by atoms with Gasteiger partial charge in [0.05, 0.1) is 54.1 Å². The number of morpholine rings is 1. The Labute approximate surface area is 292 Å². The number of amides is 4. The molecule has 2 aliphatic rings. The van der Waals surface area contributed by atoms with Crippen LogP contribution >= 0.6 is 0 Å². The van der Waals surface area contributed by atoms with E-state index in [-0.39, 0.29) is 30.5 Å². The quantitative estimate of drug-likeness (QED) is 0.145. The third-order valence-corrected chi connectivity index (χ3v) is 8.80. The number of carbonyl (C=O) groups excluding carboxylic acids is 2. The van der Waals surface area contributed by atoms with Crippen molar-refractivity contribution in [1.29, 1.82) is 0 Å². The van der Waals surface area contributed by atoms with E-state index in [1.54, 1.807) is 12.1 Å². The van der Waals surface area contributed by atoms with Crippen LogP contribution in [-0.4, -0.2) is 95.8 Å². The first-order valence-electron chi connectivity index (χ1n) is 16.4. The van der Waals surface area contributed by atoms with Gasteiger partial charge in [-0.2, -0.15) is 0 Å². The van der Waals surface area contributed by atoms with Crippen LogP contribution in [0.2, 0.25) is 0 Å². The van der Waals surface area contributed by atoms with Crippen molar-refractivity contribution in [3.8, 4) is 0 Å². The Hall–Kier alpha value is -6.16. The minimum atomic E-state index is -1.30. The highest BCUT2D eigenvalue weighted by atomic mass is 16.5. The van der Waals surface area contributed by atoms with Crippen LogP contribution in [0.4, 0.5) is 37.1 Å². The number of hydrogen-bond acceptors (Lipinski definition) is 10. The molecule has 0 bridgehead atoms. The lowest BCUT2D eigenvalue weighted by atomic mass is 9.89. The molecule has 2 aromatic carbocycles. The van der Waals surface area contributed by atoms with E-state index >= 15 is 0 Å². The predicted octanol–water partition coefficient (Wildman–Crippen LogP) is 4.20. The lowest BCUT2D eigenvalue weighted by Gasteiger charge is -2.43. The van der Waals surface area contributed by atoms with Crippen molar-refractivity contribution in [3.05, 3.63) is 84.3 Å². The van der Waals surface area contributed by atoms with Crippen molar-refractivity contribution in [2.45, 2.75) is 25.6 Å². The van der Waals surface area contributed by atoms with Crippen LogP contribution in [0.3, 0.4) is 0 Å². The fourth-order valence-corrected chi connectivity index (χ4v) is 6.41. The van der Waals surface area contributed by atoms with Gasteiger partial charge in [-0.3, -0.25) is 15.1 Å². The number of fused-ring (bicyclic) bond motifs is 1. The van der Waals surface area contributed by atoms with E-state index in [1.165, 1.54) is 12.4 Å². The molecule has 2 aromatic heterocycles. The van der Waals surface area contributed by atoms with Gasteiger partial charge in [0.25, 0.3) is 5.91 Å². The van der Waals surface area contributed by atoms with Gasteiger partial charge in [-0.1, -0.05) is 43.3 Å². The molecular weight excluding hydrogens is 660 g/mol. The molecule has 16 heteroatoms. The Balaban J connectivity index is 1.29. The van der Waals surface area contributed by atoms with Crippen LogP contribution in [0, 0.1) is 5.92 Å². The first kappa shape index (κ1) is 34.7. The van der Waals surface area contributed by atoms with Gasteiger partial charge in [-0.25, -0.2) is 19.4 Å². The Morgan fingerprint density at radius 1 is 0.902 bits per heavy atom. The molecule has 6 N–H and O–H groups in total. The van der Waals surface area contributed by atoms with E-state index in [1.807, 2.05) is 60.4 Å². The first-order chi connectivity index (χ1) is 24.6. The summed E-state index contributed by atoms with van der Waals surface area (Å²) in [6.07, 6.45) is -0.338. The lowest BCUT2D eigenvalue weighted by molar-refractivity contribution is 0.102. The SMILES string of the molecule is C[C@H]1CN(c2ccncc2NC(=O)c2nc3cc(N4CCOCC4)ccc3cc2NC(=O)OCc2ccccc2)C[C@@H](NC(=O)O)[C@H]1NC(=O)O. The maximum absolute atomic E-state index is 14.1. The maximum atomic E-state index is 14.1. The number of piperidine rings is 1. The van der Waals surface area contributed by atoms with E-state index in [4.69, 9.17) is 14.5 Å². The van der Waals surface area contributed by atoms with Crippen molar-refractivity contribution < 1.29 is 38.9 Å². The van der Waals surface area contributed by atoms with Crippen molar-refractivity contribution in [1.82, 2.24) is 20.6 Å². The number of hydrogen-bond donors (Lipinski definition) is 6. The summed E-state index contributed by atoms with van der Waals surface area (Å²) in [6, 6.07) is 16.8. The molecule has 0 unspecified atom stereocenters. The molecule has 0 aliphatic carbocycles. The Morgan fingerprint density at radius 2 is 1.67 bits per heavy atom. The Morgan fingerprint density at radius 3 is 2.41 bits per heavy atom. The maximum Gasteiger partial charge on any atom is 0.412 e. The summed E-state index contributed by atoms with van der Waals surface area (Å²) in [5.41, 5.74) is 3.13. The number of nitrogens with one attached hydrogen (secondary N) is 4. The fraction of sp³-hybridized carbons (Fsp3) is 0.314. The largest absolute Gasteiger partial charge is 0.465 e. The van der Waals surface area contributed by atoms with Gasteiger partial charge in [0.15, 0.2) is 5.69 Å². The average Bonchev–Trinajstić information content (AvgIpc) is 3.12. The van der Waals surface area contributed by atoms with E-state index in [2.05, 4.69) is 31.2 Å². The summed E-state index contributed by atoms with van der Waals surface area (Å²) in [7, 11) is 0. The van der Waals surface area contributed by atoms with E-state index in [0.29, 0.717) is 55.1 Å². The van der Waals surface area contributed by atoms with Crippen LogP contribution < -0.4 is 31.1 Å². The fourth-order valence-electron chi connectivity index (χ4n) is 6.41. The molecule has 0 saturated carbocycles. The highest BCUT2D eigenvalue weighted by Gasteiger charge is 2.37. The van der Waals surface area contributed by atoms with Gasteiger partial charge in [0, 0.05) is 43.4 Å². The van der Waals surface area contributed by atoms with Crippen LogP contribution in [-0.2, 0) is 16.1 Å². The zero-order valence-electron chi connectivity index (χ0n) is 27.7. The van der Waals surface area contributed by atoms with E-state index < -0.39 is 36.3 Å². The monoisotopic (exact) mass is 698 g/mol. The minimum absolute atomic E-state index is 0.0198. The first-order valence-corrected chi connectivity index (χ1v) is 16.4. The third-order valence-electron chi connectivity index (χ3n) is 8.80. The normalized spacial score (nSPS) is 18.8. The molecule has 16 nitrogen and oxygen atoms in total. The molecule has 2 saturated heterocycles. The molecule has 3 atom stereocenters. The lowest BCUT2D eigenvalue weighted by Crippen LogP contribution is -2.64. The van der Waals surface area contributed by atoms with Crippen molar-refractivity contribution in [2.75, 3.05) is 59.8 Å². The van der Waals surface area contributed by atoms with Gasteiger partial charge in [0.1, 0.15) is 6.61 Å². The summed E-state index contributed by atoms with van der Waals surface area (Å²) in [4.78, 5) is 63.1. The summed E-state index contributed by atoms with van der Waals surface area (Å²) in [5.74, 6) is -0.957. The average molecular weight is 699 g/mol. The third kappa shape index (κ3) is 8.53. The molecule has 51 heavy (non-hydrogen) atoms. The zero-order valence-corrected chi connectivity index (χ0v) is 27.7. The molecule has 4 heterocycles. The zero-order chi connectivity index (χ0) is 35.9. The second-order valence-corrected chi connectivity index (χ2v) is 12.3. The molecule has 2 fully saturated rings. The predicted molar refractivity (Wildman–Crippen MR) is 188 cm³/mol. The standard InChI is InChI=1S/C35H38N8O8/c1-21-18-43(19-28(39-33(45)46)30(21)41-34(47)48)29-9-10-36-17-27(29)38-32(44)31-26(40-35(49)51-20-22-5-3-2-4-6-22)15-23-7-8-24(16-25(23)37-31)42-11-13-50-14-12-42/h2-10,15-17,21,28,30,39,41H,11-14,18-20H2,1H3,(H,38,44)(H,40,49)(H,45,46)(H,47,48)/t21-,28+,30-/m0/s1. The van der Waals surface area contributed by atoms with E-state index in [9.17, 15) is 29.4 Å². The number of carbonyl (C=O) groups is 4. The summed E-state index contributed by atoms with van der Waals surface area (Å²) < 4.78 is 10.9. The van der Waals surface area contributed by atoms with Crippen LogP contribution in [0.5, 0.6) is 0 Å². The summed E-state index contributed by atoms with van der Waals surface area (Å²) in [6.45, 7) is 4.89. The number of nitrogens with zero attached hydrogens (tertiary/aromatic N) is 4. The number of pyridine rings is 2. The number of rotatable bonds is 9. The van der Waals surface area contributed by atoms with Crippen molar-refractivity contribution in [3.63, 3.8) is 0 Å². The Kier molecular flexibility index (Phi) is 10.6. The van der Waals surface area contributed by atoms with Crippen molar-refractivity contribution >= 4 is 57.8 Å². The summed E-state index contributed by atoms with van der Waals surface area (Å²) in [5, 5.41) is 30.0. The van der Waals surface area contributed by atoms with Gasteiger partial charge in [-0.05, 0) is 35.7 Å². The van der Waals surface area contributed by atoms with Crippen LogP contribution in [0.15, 0.2) is 73.1 Å². The molecule has 4 amide bonds. The highest BCUT2D eigenvalue weighted by molar-refractivity contribution is 6.11. The number of benzene rings is 2. The molecule has 4 aromatic rings. The van der Waals surface area contributed by atoms with Gasteiger partial charge in [0.2, 0.25) is 0 Å². The number of aromatic nitrogens is 2. The number of anilines is 4. The summed E-state index contributed by atoms with van der Waals surface area (Å²) >= 11 is 0.